The number of piperazine rings is 1. The highest BCUT2D eigenvalue weighted by atomic mass is 16.6. The van der Waals surface area contributed by atoms with Crippen LogP contribution in [0.2, 0.25) is 0 Å². The third-order valence-electron chi connectivity index (χ3n) is 4.94. The van der Waals surface area contributed by atoms with E-state index in [1.165, 1.54) is 0 Å². The fourth-order valence-corrected chi connectivity index (χ4v) is 3.64. The van der Waals surface area contributed by atoms with E-state index in [4.69, 9.17) is 4.74 Å². The first-order chi connectivity index (χ1) is 13.4. The van der Waals surface area contributed by atoms with Crippen molar-refractivity contribution in [1.29, 1.82) is 0 Å². The van der Waals surface area contributed by atoms with Gasteiger partial charge in [0, 0.05) is 32.6 Å². The monoisotopic (exact) mass is 384 g/mol. The topological polar surface area (TPSA) is 85.9 Å². The summed E-state index contributed by atoms with van der Waals surface area (Å²) in [5, 5.41) is 3.44. The van der Waals surface area contributed by atoms with Crippen LogP contribution < -0.4 is 5.32 Å². The molecule has 4 rings (SSSR count). The van der Waals surface area contributed by atoms with Crippen LogP contribution in [0.4, 0.5) is 4.79 Å². The van der Waals surface area contributed by atoms with Gasteiger partial charge in [-0.1, -0.05) is 12.1 Å². The molecule has 1 aromatic carbocycles. The number of benzene rings is 1. The minimum atomic E-state index is -0.468. The summed E-state index contributed by atoms with van der Waals surface area (Å²) >= 11 is 0. The second-order valence-corrected chi connectivity index (χ2v) is 8.32. The van der Waals surface area contributed by atoms with Crippen molar-refractivity contribution >= 4 is 23.1 Å². The number of ether oxygens (including phenoxy) is 1. The Bertz CT molecular complexity index is 851. The van der Waals surface area contributed by atoms with Gasteiger partial charge in [-0.3, -0.25) is 4.99 Å². The minimum absolute atomic E-state index is 0.218. The van der Waals surface area contributed by atoms with Gasteiger partial charge in [-0.2, -0.15) is 0 Å². The Labute approximate surface area is 165 Å². The van der Waals surface area contributed by atoms with E-state index in [-0.39, 0.29) is 12.1 Å². The number of aromatic amines is 1. The summed E-state index contributed by atoms with van der Waals surface area (Å²) in [6, 6.07) is 8.27. The van der Waals surface area contributed by atoms with Gasteiger partial charge in [0.15, 0.2) is 5.96 Å². The lowest BCUT2D eigenvalue weighted by molar-refractivity contribution is 0.0137. The van der Waals surface area contributed by atoms with Gasteiger partial charge in [0.2, 0.25) is 0 Å². The molecular weight excluding hydrogens is 356 g/mol. The van der Waals surface area contributed by atoms with E-state index in [0.717, 1.165) is 42.3 Å². The molecule has 1 unspecified atom stereocenters. The molecule has 3 heterocycles. The SMILES string of the molecule is CC(C)(C)OC(=O)N1CCN2C(NCCc3nc4ccccc4[nH]3)=NCC2C1. The smallest absolute Gasteiger partial charge is 0.410 e. The molecule has 0 saturated carbocycles. The molecule has 28 heavy (non-hydrogen) atoms. The number of carbonyl (C=O) groups excluding carboxylic acids is 1. The van der Waals surface area contributed by atoms with Crippen LogP contribution >= 0.6 is 0 Å². The van der Waals surface area contributed by atoms with Crippen molar-refractivity contribution in [3.63, 3.8) is 0 Å². The number of rotatable bonds is 3. The van der Waals surface area contributed by atoms with E-state index in [0.29, 0.717) is 19.6 Å². The van der Waals surface area contributed by atoms with E-state index >= 15 is 0 Å². The molecule has 1 amide bonds. The molecule has 0 aliphatic carbocycles. The number of H-pyrrole nitrogens is 1. The predicted molar refractivity (Wildman–Crippen MR) is 108 cm³/mol. The van der Waals surface area contributed by atoms with E-state index < -0.39 is 5.60 Å². The van der Waals surface area contributed by atoms with Crippen molar-refractivity contribution in [2.45, 2.75) is 38.8 Å². The Balaban J connectivity index is 1.27. The number of hydrogen-bond donors (Lipinski definition) is 2. The third-order valence-corrected chi connectivity index (χ3v) is 4.94. The highest BCUT2D eigenvalue weighted by Gasteiger charge is 2.36. The highest BCUT2D eigenvalue weighted by Crippen LogP contribution is 2.18. The van der Waals surface area contributed by atoms with Crippen LogP contribution in [-0.4, -0.2) is 76.2 Å². The van der Waals surface area contributed by atoms with Crippen LogP contribution in [-0.2, 0) is 11.2 Å². The molecule has 1 atom stereocenters. The maximum absolute atomic E-state index is 12.3. The maximum atomic E-state index is 12.3. The quantitative estimate of drug-likeness (QED) is 0.845. The second-order valence-electron chi connectivity index (χ2n) is 8.32. The summed E-state index contributed by atoms with van der Waals surface area (Å²) in [5.41, 5.74) is 1.59. The summed E-state index contributed by atoms with van der Waals surface area (Å²) in [6.07, 6.45) is 0.564. The first kappa shape index (κ1) is 18.6. The summed E-state index contributed by atoms with van der Waals surface area (Å²) in [7, 11) is 0. The van der Waals surface area contributed by atoms with E-state index in [2.05, 4.69) is 25.2 Å². The first-order valence-corrected chi connectivity index (χ1v) is 9.85. The highest BCUT2D eigenvalue weighted by molar-refractivity contribution is 5.82. The van der Waals surface area contributed by atoms with Gasteiger partial charge in [0.25, 0.3) is 0 Å². The summed E-state index contributed by atoms with van der Waals surface area (Å²) in [5.74, 6) is 1.89. The molecule has 0 bridgehead atoms. The van der Waals surface area contributed by atoms with Crippen molar-refractivity contribution in [3.05, 3.63) is 30.1 Å². The number of nitrogens with one attached hydrogen (secondary N) is 2. The van der Waals surface area contributed by atoms with Crippen molar-refractivity contribution in [1.82, 2.24) is 25.1 Å². The third kappa shape index (κ3) is 4.05. The fraction of sp³-hybridized carbons (Fsp3) is 0.550. The standard InChI is InChI=1S/C20H28N6O2/c1-20(2,3)28-19(27)25-10-11-26-14(13-25)12-22-18(26)21-9-8-17-23-15-6-4-5-7-16(15)24-17/h4-7,14H,8-13H2,1-3H3,(H,21,22)(H,23,24). The van der Waals surface area contributed by atoms with Gasteiger partial charge >= 0.3 is 6.09 Å². The summed E-state index contributed by atoms with van der Waals surface area (Å²) in [4.78, 5) is 29.0. The average Bonchev–Trinajstić information content (AvgIpc) is 3.23. The van der Waals surface area contributed by atoms with Gasteiger partial charge in [0.05, 0.1) is 23.6 Å². The van der Waals surface area contributed by atoms with Crippen LogP contribution in [0.3, 0.4) is 0 Å². The number of carbonyl (C=O) groups is 1. The van der Waals surface area contributed by atoms with Crippen LogP contribution in [0.15, 0.2) is 29.3 Å². The zero-order valence-corrected chi connectivity index (χ0v) is 16.7. The zero-order valence-electron chi connectivity index (χ0n) is 16.7. The molecule has 2 aliphatic rings. The molecule has 8 nitrogen and oxygen atoms in total. The number of hydrogen-bond acceptors (Lipinski definition) is 6. The van der Waals surface area contributed by atoms with E-state index in [1.54, 1.807) is 4.90 Å². The number of aromatic nitrogens is 2. The number of imidazole rings is 1. The van der Waals surface area contributed by atoms with Crippen molar-refractivity contribution in [3.8, 4) is 0 Å². The van der Waals surface area contributed by atoms with Gasteiger partial charge < -0.3 is 24.8 Å². The van der Waals surface area contributed by atoms with Crippen LogP contribution in [0.1, 0.15) is 26.6 Å². The van der Waals surface area contributed by atoms with Crippen LogP contribution in [0.25, 0.3) is 11.0 Å². The maximum Gasteiger partial charge on any atom is 0.410 e. The molecule has 2 aliphatic heterocycles. The number of fused-ring (bicyclic) bond motifs is 2. The van der Waals surface area contributed by atoms with Crippen molar-refractivity contribution in [2.24, 2.45) is 4.99 Å². The Hall–Kier alpha value is -2.77. The van der Waals surface area contributed by atoms with Gasteiger partial charge in [-0.05, 0) is 32.9 Å². The number of aliphatic imine (C=N–C) groups is 1. The summed E-state index contributed by atoms with van der Waals surface area (Å²) in [6.45, 7) is 9.20. The fourth-order valence-electron chi connectivity index (χ4n) is 3.64. The predicted octanol–water partition coefficient (Wildman–Crippen LogP) is 1.99. The zero-order chi connectivity index (χ0) is 19.7. The second kappa shape index (κ2) is 7.33. The van der Waals surface area contributed by atoms with Gasteiger partial charge in [-0.25, -0.2) is 9.78 Å². The number of guanidine groups is 1. The molecular formula is C20H28N6O2. The molecule has 150 valence electrons. The normalized spacial score (nSPS) is 19.5. The summed E-state index contributed by atoms with van der Waals surface area (Å²) < 4.78 is 5.50. The Morgan fingerprint density at radius 3 is 2.93 bits per heavy atom. The number of para-hydroxylation sites is 2. The van der Waals surface area contributed by atoms with Gasteiger partial charge in [-0.15, -0.1) is 0 Å². The molecule has 1 fully saturated rings. The Morgan fingerprint density at radius 2 is 2.14 bits per heavy atom. The lowest BCUT2D eigenvalue weighted by Crippen LogP contribution is -2.57. The molecule has 0 spiro atoms. The van der Waals surface area contributed by atoms with E-state index in [9.17, 15) is 4.79 Å². The molecule has 8 heteroatoms. The lowest BCUT2D eigenvalue weighted by Gasteiger charge is -2.39. The Morgan fingerprint density at radius 1 is 1.32 bits per heavy atom. The average molecular weight is 384 g/mol. The Kier molecular flexibility index (Phi) is 4.87. The minimum Gasteiger partial charge on any atom is -0.444 e. The molecule has 2 aromatic rings. The molecule has 0 radical (unpaired) electrons. The molecule has 1 aromatic heterocycles. The van der Waals surface area contributed by atoms with Crippen molar-refractivity contribution < 1.29 is 9.53 Å². The number of nitrogens with zero attached hydrogens (tertiary/aromatic N) is 4. The largest absolute Gasteiger partial charge is 0.444 e. The molecule has 2 N–H and O–H groups in total. The first-order valence-electron chi connectivity index (χ1n) is 9.85. The lowest BCUT2D eigenvalue weighted by atomic mass is 10.2. The van der Waals surface area contributed by atoms with Gasteiger partial charge in [0.1, 0.15) is 11.4 Å². The molecule has 1 saturated heterocycles. The number of amides is 1. The van der Waals surface area contributed by atoms with Crippen LogP contribution in [0, 0.1) is 0 Å². The van der Waals surface area contributed by atoms with Crippen molar-refractivity contribution in [2.75, 3.05) is 32.7 Å². The van der Waals surface area contributed by atoms with Crippen LogP contribution in [0.5, 0.6) is 0 Å². The van der Waals surface area contributed by atoms with E-state index in [1.807, 2.05) is 45.0 Å².